The Labute approximate surface area is 140 Å². The molecule has 0 fully saturated rings. The average molecular weight is 348 g/mol. The topological polar surface area (TPSA) is 84.0 Å². The summed E-state index contributed by atoms with van der Waals surface area (Å²) >= 11 is 6.26. The first kappa shape index (κ1) is 15.4. The molecule has 2 aromatic rings. The van der Waals surface area contributed by atoms with E-state index in [1.54, 1.807) is 19.4 Å². The van der Waals surface area contributed by atoms with E-state index in [1.165, 1.54) is 4.57 Å². The van der Waals surface area contributed by atoms with Gasteiger partial charge < -0.3 is 14.9 Å². The molecule has 2 N–H and O–H groups in total. The Kier molecular flexibility index (Phi) is 4.01. The van der Waals surface area contributed by atoms with Crippen LogP contribution >= 0.6 is 23.6 Å². The molecule has 0 spiro atoms. The zero-order chi connectivity index (χ0) is 16.6. The van der Waals surface area contributed by atoms with Gasteiger partial charge >= 0.3 is 5.97 Å². The second-order valence-electron chi connectivity index (χ2n) is 4.78. The lowest BCUT2D eigenvalue weighted by Gasteiger charge is -2.04. The second-order valence-corrected chi connectivity index (χ2v) is 6.45. The molecular formula is C15H12N2O4S2. The summed E-state index contributed by atoms with van der Waals surface area (Å²) in [7, 11) is 1.59. The Bertz CT molecular complexity index is 909. The number of ether oxygens (including phenoxy) is 1. The number of hydrogen-bond acceptors (Lipinski definition) is 6. The molecule has 2 heterocycles. The van der Waals surface area contributed by atoms with Crippen molar-refractivity contribution in [2.45, 2.75) is 6.54 Å². The van der Waals surface area contributed by atoms with Crippen LogP contribution in [0.2, 0.25) is 0 Å². The van der Waals surface area contributed by atoms with Gasteiger partial charge in [0, 0.05) is 17.4 Å². The van der Waals surface area contributed by atoms with Gasteiger partial charge in [-0.15, -0.1) is 11.3 Å². The van der Waals surface area contributed by atoms with Crippen molar-refractivity contribution in [1.29, 1.82) is 0 Å². The smallest absolute Gasteiger partial charge is 0.323 e. The standard InChI is InChI=1S/C15H12N2O4S2/c1-21-9-2-3-11-10(5-9)8(6-16-11)4-12-14(20)17(7-13(18)19)15(22)23-12/h2-6,20H,7H2,1H3,(H,18,19). The van der Waals surface area contributed by atoms with Crippen molar-refractivity contribution in [2.75, 3.05) is 7.11 Å². The maximum Gasteiger partial charge on any atom is 0.323 e. The molecule has 0 atom stereocenters. The average Bonchev–Trinajstić information content (AvgIpc) is 3.03. The van der Waals surface area contributed by atoms with Crippen molar-refractivity contribution in [3.63, 3.8) is 0 Å². The van der Waals surface area contributed by atoms with Crippen molar-refractivity contribution in [3.05, 3.63) is 32.6 Å². The van der Waals surface area contributed by atoms with Crippen LogP contribution < -0.4 is 4.74 Å². The van der Waals surface area contributed by atoms with Crippen molar-refractivity contribution in [3.8, 4) is 11.6 Å². The van der Waals surface area contributed by atoms with Crippen LogP contribution in [0.5, 0.6) is 11.6 Å². The molecule has 1 aliphatic rings. The number of carbonyl (C=O) groups is 1. The molecule has 0 radical (unpaired) electrons. The molecule has 23 heavy (non-hydrogen) atoms. The predicted molar refractivity (Wildman–Crippen MR) is 91.5 cm³/mol. The van der Waals surface area contributed by atoms with Gasteiger partial charge in [0.05, 0.1) is 17.7 Å². The Balaban J connectivity index is 2.04. The third kappa shape index (κ3) is 2.90. The lowest BCUT2D eigenvalue weighted by molar-refractivity contribution is -0.137. The van der Waals surface area contributed by atoms with E-state index >= 15 is 0 Å². The molecule has 1 aliphatic heterocycles. The molecule has 0 saturated heterocycles. The third-order valence-corrected chi connectivity index (χ3v) is 4.72. The number of hydrogen-bond donors (Lipinski definition) is 2. The molecular weight excluding hydrogens is 336 g/mol. The minimum Gasteiger partial charge on any atom is -0.497 e. The van der Waals surface area contributed by atoms with Gasteiger partial charge in [-0.3, -0.25) is 14.4 Å². The van der Waals surface area contributed by atoms with Crippen molar-refractivity contribution < 1.29 is 19.7 Å². The maximum atomic E-state index is 10.8. The minimum atomic E-state index is -1.06. The summed E-state index contributed by atoms with van der Waals surface area (Å²) < 4.78 is 6.70. The summed E-state index contributed by atoms with van der Waals surface area (Å²) in [6.45, 7) is -0.372. The number of aliphatic carboxylic acids is 1. The SMILES string of the molecule is COc1ccc2c(c1)C(=Cc1sc(=S)n(CC(=O)O)c1O)C=N2. The first-order chi connectivity index (χ1) is 11.0. The fourth-order valence-electron chi connectivity index (χ4n) is 2.23. The third-order valence-electron chi connectivity index (χ3n) is 3.33. The normalized spacial score (nSPS) is 14.2. The first-order valence-corrected chi connectivity index (χ1v) is 7.80. The van der Waals surface area contributed by atoms with E-state index in [2.05, 4.69) is 4.99 Å². The Hall–Kier alpha value is -2.45. The maximum absolute atomic E-state index is 10.8. The summed E-state index contributed by atoms with van der Waals surface area (Å²) in [5.41, 5.74) is 2.49. The molecule has 0 saturated carbocycles. The van der Waals surface area contributed by atoms with Gasteiger partial charge in [-0.2, -0.15) is 0 Å². The van der Waals surface area contributed by atoms with Crippen LogP contribution in [0.25, 0.3) is 11.6 Å². The molecule has 1 aromatic heterocycles. The highest BCUT2D eigenvalue weighted by Crippen LogP contribution is 2.37. The number of aliphatic imine (C=N–C) groups is 1. The van der Waals surface area contributed by atoms with E-state index < -0.39 is 5.97 Å². The van der Waals surface area contributed by atoms with Crippen LogP contribution in [0.15, 0.2) is 23.2 Å². The highest BCUT2D eigenvalue weighted by atomic mass is 32.1. The summed E-state index contributed by atoms with van der Waals surface area (Å²) in [5, 5.41) is 19.1. The molecule has 0 unspecified atom stereocenters. The summed E-state index contributed by atoms with van der Waals surface area (Å²) in [6.07, 6.45) is 3.43. The number of rotatable bonds is 4. The van der Waals surface area contributed by atoms with Crippen LogP contribution in [0, 0.1) is 3.95 Å². The number of thiazole rings is 1. The van der Waals surface area contributed by atoms with E-state index in [-0.39, 0.29) is 12.4 Å². The number of allylic oxidation sites excluding steroid dienone is 1. The predicted octanol–water partition coefficient (Wildman–Crippen LogP) is 3.33. The number of carboxylic acid groups (broad SMARTS) is 1. The fourth-order valence-corrected chi connectivity index (χ4v) is 3.49. The van der Waals surface area contributed by atoms with Crippen LogP contribution in [0.1, 0.15) is 10.4 Å². The van der Waals surface area contributed by atoms with Gasteiger partial charge in [0.25, 0.3) is 0 Å². The van der Waals surface area contributed by atoms with Gasteiger partial charge in [-0.05, 0) is 36.5 Å². The monoisotopic (exact) mass is 348 g/mol. The van der Waals surface area contributed by atoms with Gasteiger partial charge in [0.1, 0.15) is 12.3 Å². The van der Waals surface area contributed by atoms with Crippen molar-refractivity contribution in [2.24, 2.45) is 4.99 Å². The second kappa shape index (κ2) is 5.98. The molecule has 0 aliphatic carbocycles. The number of methoxy groups -OCH3 is 1. The first-order valence-electron chi connectivity index (χ1n) is 6.58. The highest BCUT2D eigenvalue weighted by molar-refractivity contribution is 7.73. The molecule has 6 nitrogen and oxygen atoms in total. The number of carboxylic acids is 1. The number of aromatic hydroxyl groups is 1. The number of aromatic nitrogens is 1. The van der Waals surface area contributed by atoms with E-state index in [0.29, 0.717) is 14.6 Å². The van der Waals surface area contributed by atoms with Gasteiger partial charge in [0.2, 0.25) is 5.88 Å². The summed E-state index contributed by atoms with van der Waals surface area (Å²) in [5.74, 6) is -0.508. The van der Waals surface area contributed by atoms with E-state index in [1.807, 2.05) is 18.2 Å². The molecule has 0 bridgehead atoms. The minimum absolute atomic E-state index is 0.153. The van der Waals surface area contributed by atoms with Crippen molar-refractivity contribution >= 4 is 53.1 Å². The lowest BCUT2D eigenvalue weighted by atomic mass is 10.1. The van der Waals surface area contributed by atoms with Gasteiger partial charge in [-0.1, -0.05) is 0 Å². The van der Waals surface area contributed by atoms with Crippen LogP contribution in [0.3, 0.4) is 0 Å². The molecule has 118 valence electrons. The number of nitrogens with zero attached hydrogens (tertiary/aromatic N) is 2. The van der Waals surface area contributed by atoms with Crippen LogP contribution in [-0.2, 0) is 11.3 Å². The van der Waals surface area contributed by atoms with Crippen LogP contribution in [-0.4, -0.2) is 34.1 Å². The number of benzene rings is 1. The molecule has 3 rings (SSSR count). The lowest BCUT2D eigenvalue weighted by Crippen LogP contribution is -2.07. The van der Waals surface area contributed by atoms with Gasteiger partial charge in [0.15, 0.2) is 3.95 Å². The Morgan fingerprint density at radius 1 is 1.52 bits per heavy atom. The van der Waals surface area contributed by atoms with E-state index in [4.69, 9.17) is 22.1 Å². The quantitative estimate of drug-likeness (QED) is 0.828. The summed E-state index contributed by atoms with van der Waals surface area (Å²) in [6, 6.07) is 5.53. The zero-order valence-corrected chi connectivity index (χ0v) is 13.6. The van der Waals surface area contributed by atoms with E-state index in [0.717, 1.165) is 28.2 Å². The van der Waals surface area contributed by atoms with Crippen molar-refractivity contribution in [1.82, 2.24) is 4.57 Å². The Morgan fingerprint density at radius 3 is 3.00 bits per heavy atom. The van der Waals surface area contributed by atoms with Gasteiger partial charge in [-0.25, -0.2) is 0 Å². The largest absolute Gasteiger partial charge is 0.497 e. The molecule has 1 aromatic carbocycles. The Morgan fingerprint density at radius 2 is 2.30 bits per heavy atom. The molecule has 0 amide bonds. The fraction of sp³-hybridized carbons (Fsp3) is 0.133. The number of fused-ring (bicyclic) bond motifs is 1. The molecule has 8 heteroatoms. The summed E-state index contributed by atoms with van der Waals surface area (Å²) in [4.78, 5) is 15.6. The van der Waals surface area contributed by atoms with Crippen LogP contribution in [0.4, 0.5) is 5.69 Å². The zero-order valence-electron chi connectivity index (χ0n) is 12.0. The van der Waals surface area contributed by atoms with E-state index in [9.17, 15) is 9.90 Å². The highest BCUT2D eigenvalue weighted by Gasteiger charge is 2.17.